The topological polar surface area (TPSA) is 56.1 Å². The first-order valence-corrected chi connectivity index (χ1v) is 7.46. The molecule has 0 aliphatic rings. The highest BCUT2D eigenvalue weighted by atomic mass is 32.1. The van der Waals surface area contributed by atoms with E-state index in [1.807, 2.05) is 13.1 Å². The maximum atomic E-state index is 11.9. The fraction of sp³-hybridized carbons (Fsp3) is 0.429. The summed E-state index contributed by atoms with van der Waals surface area (Å²) in [5, 5.41) is 9.60. The van der Waals surface area contributed by atoms with E-state index in [4.69, 9.17) is 4.74 Å². The molecule has 2 heterocycles. The first kappa shape index (κ1) is 14.7. The Labute approximate surface area is 122 Å². The zero-order chi connectivity index (χ0) is 14.5. The Hall–Kier alpha value is -1.66. The number of ether oxygens (including phenoxy) is 1. The first-order valence-electron chi connectivity index (χ1n) is 6.58. The number of hydrogen-bond donors (Lipinski definition) is 1. The number of nitrogens with zero attached hydrogens (tertiary/aromatic N) is 2. The van der Waals surface area contributed by atoms with Gasteiger partial charge in [0.05, 0.1) is 18.5 Å². The molecule has 0 aromatic carbocycles. The Morgan fingerprint density at radius 2 is 2.40 bits per heavy atom. The van der Waals surface area contributed by atoms with Crippen LogP contribution in [0.4, 0.5) is 0 Å². The highest BCUT2D eigenvalue weighted by Crippen LogP contribution is 2.19. The number of nitrogens with one attached hydrogen (secondary N) is 1. The second kappa shape index (κ2) is 6.67. The molecular weight excluding hydrogens is 274 g/mol. The molecule has 1 N–H and O–H groups in total. The van der Waals surface area contributed by atoms with Crippen LogP contribution in [-0.2, 0) is 18.3 Å². The summed E-state index contributed by atoms with van der Waals surface area (Å²) >= 11 is 1.71. The van der Waals surface area contributed by atoms with Gasteiger partial charge in [-0.2, -0.15) is 5.10 Å². The highest BCUT2D eigenvalue weighted by Gasteiger charge is 2.17. The maximum absolute atomic E-state index is 11.9. The lowest BCUT2D eigenvalue weighted by atomic mass is 10.2. The van der Waals surface area contributed by atoms with E-state index in [1.54, 1.807) is 29.1 Å². The van der Waals surface area contributed by atoms with Gasteiger partial charge in [-0.25, -0.2) is 4.79 Å². The van der Waals surface area contributed by atoms with Crippen molar-refractivity contribution in [1.82, 2.24) is 15.1 Å². The summed E-state index contributed by atoms with van der Waals surface area (Å²) in [6.45, 7) is 4.84. The normalized spacial score (nSPS) is 12.3. The molecule has 0 unspecified atom stereocenters. The lowest BCUT2D eigenvalue weighted by Crippen LogP contribution is -2.21. The third-order valence-electron chi connectivity index (χ3n) is 3.10. The van der Waals surface area contributed by atoms with E-state index in [-0.39, 0.29) is 12.0 Å². The molecular formula is C14H19N3O2S. The van der Waals surface area contributed by atoms with Gasteiger partial charge in [0.15, 0.2) is 0 Å². The van der Waals surface area contributed by atoms with Crippen molar-refractivity contribution in [2.45, 2.75) is 26.4 Å². The number of esters is 1. The van der Waals surface area contributed by atoms with Gasteiger partial charge in [-0.3, -0.25) is 4.68 Å². The quantitative estimate of drug-likeness (QED) is 0.831. The van der Waals surface area contributed by atoms with Crippen LogP contribution in [0.25, 0.3) is 0 Å². The Balaban J connectivity index is 2.05. The summed E-state index contributed by atoms with van der Waals surface area (Å²) in [5.41, 5.74) is 1.37. The van der Waals surface area contributed by atoms with Crippen LogP contribution in [0, 0.1) is 0 Å². The van der Waals surface area contributed by atoms with Crippen LogP contribution in [0.15, 0.2) is 23.7 Å². The number of rotatable bonds is 6. The van der Waals surface area contributed by atoms with Gasteiger partial charge in [-0.1, -0.05) is 6.07 Å². The van der Waals surface area contributed by atoms with E-state index >= 15 is 0 Å². The van der Waals surface area contributed by atoms with Crippen LogP contribution >= 0.6 is 11.3 Å². The van der Waals surface area contributed by atoms with E-state index in [0.29, 0.717) is 18.7 Å². The zero-order valence-electron chi connectivity index (χ0n) is 11.9. The average Bonchev–Trinajstić information content (AvgIpc) is 3.06. The van der Waals surface area contributed by atoms with Gasteiger partial charge in [0.25, 0.3) is 0 Å². The summed E-state index contributed by atoms with van der Waals surface area (Å²) in [7, 11) is 1.83. The molecule has 0 fully saturated rings. The molecule has 2 aromatic heterocycles. The van der Waals surface area contributed by atoms with E-state index in [1.165, 1.54) is 4.88 Å². The molecule has 5 nitrogen and oxygen atoms in total. The van der Waals surface area contributed by atoms with Gasteiger partial charge >= 0.3 is 5.97 Å². The second-order valence-electron chi connectivity index (χ2n) is 4.47. The number of carbonyl (C=O) groups is 1. The van der Waals surface area contributed by atoms with Crippen LogP contribution in [0.3, 0.4) is 0 Å². The predicted octanol–water partition coefficient (Wildman–Crippen LogP) is 2.51. The van der Waals surface area contributed by atoms with E-state index in [0.717, 1.165) is 5.69 Å². The van der Waals surface area contributed by atoms with Crippen LogP contribution in [0.2, 0.25) is 0 Å². The van der Waals surface area contributed by atoms with Crippen molar-refractivity contribution < 1.29 is 9.53 Å². The zero-order valence-corrected chi connectivity index (χ0v) is 12.7. The van der Waals surface area contributed by atoms with Crippen LogP contribution in [-0.4, -0.2) is 22.4 Å². The summed E-state index contributed by atoms with van der Waals surface area (Å²) in [5.74, 6) is -0.318. The SMILES string of the molecule is CCOC(=O)c1cnn(C)c1CN[C@@H](C)c1cccs1. The standard InChI is InChI=1S/C14H19N3O2S/c1-4-19-14(18)11-8-16-17(3)12(11)9-15-10(2)13-6-5-7-20-13/h5-8,10,15H,4,9H2,1-3H3/t10-/m0/s1. The molecule has 0 radical (unpaired) electrons. The first-order chi connectivity index (χ1) is 9.63. The van der Waals surface area contributed by atoms with Crippen molar-refractivity contribution >= 4 is 17.3 Å². The highest BCUT2D eigenvalue weighted by molar-refractivity contribution is 7.10. The van der Waals surface area contributed by atoms with Crippen molar-refractivity contribution in [3.05, 3.63) is 39.8 Å². The number of aromatic nitrogens is 2. The van der Waals surface area contributed by atoms with Crippen molar-refractivity contribution in [2.24, 2.45) is 7.05 Å². The van der Waals surface area contributed by atoms with Gasteiger partial charge in [0, 0.05) is 24.5 Å². The third kappa shape index (κ3) is 3.26. The maximum Gasteiger partial charge on any atom is 0.341 e. The molecule has 2 rings (SSSR count). The third-order valence-corrected chi connectivity index (χ3v) is 4.16. The van der Waals surface area contributed by atoms with Gasteiger partial charge in [0.1, 0.15) is 5.56 Å². The Morgan fingerprint density at radius 3 is 3.05 bits per heavy atom. The minimum absolute atomic E-state index is 0.236. The summed E-state index contributed by atoms with van der Waals surface area (Å²) in [6, 6.07) is 4.37. The lowest BCUT2D eigenvalue weighted by molar-refractivity contribution is 0.0524. The molecule has 108 valence electrons. The van der Waals surface area contributed by atoms with Gasteiger partial charge in [0.2, 0.25) is 0 Å². The largest absolute Gasteiger partial charge is 0.462 e. The second-order valence-corrected chi connectivity index (χ2v) is 5.45. The van der Waals surface area contributed by atoms with E-state index < -0.39 is 0 Å². The molecule has 6 heteroatoms. The molecule has 0 aliphatic carbocycles. The van der Waals surface area contributed by atoms with Crippen LogP contribution in [0.5, 0.6) is 0 Å². The van der Waals surface area contributed by atoms with Gasteiger partial charge in [-0.15, -0.1) is 11.3 Å². The van der Waals surface area contributed by atoms with Gasteiger partial charge < -0.3 is 10.1 Å². The van der Waals surface area contributed by atoms with E-state index in [9.17, 15) is 4.79 Å². The van der Waals surface area contributed by atoms with Crippen molar-refractivity contribution in [3.63, 3.8) is 0 Å². The lowest BCUT2D eigenvalue weighted by Gasteiger charge is -2.13. The number of carbonyl (C=O) groups excluding carboxylic acids is 1. The fourth-order valence-electron chi connectivity index (χ4n) is 1.94. The van der Waals surface area contributed by atoms with Gasteiger partial charge in [-0.05, 0) is 25.3 Å². The summed E-state index contributed by atoms with van der Waals surface area (Å²) in [6.07, 6.45) is 1.56. The number of aryl methyl sites for hydroxylation is 1. The molecule has 0 saturated carbocycles. The summed E-state index contributed by atoms with van der Waals surface area (Å²) < 4.78 is 6.75. The molecule has 0 saturated heterocycles. The Kier molecular flexibility index (Phi) is 4.92. The molecule has 0 spiro atoms. The minimum Gasteiger partial charge on any atom is -0.462 e. The molecule has 0 amide bonds. The Morgan fingerprint density at radius 1 is 1.60 bits per heavy atom. The molecule has 0 aliphatic heterocycles. The average molecular weight is 293 g/mol. The van der Waals surface area contributed by atoms with Crippen LogP contribution in [0.1, 0.15) is 40.8 Å². The van der Waals surface area contributed by atoms with Crippen molar-refractivity contribution in [1.29, 1.82) is 0 Å². The monoisotopic (exact) mass is 293 g/mol. The minimum atomic E-state index is -0.318. The number of thiophene rings is 1. The van der Waals surface area contributed by atoms with Crippen molar-refractivity contribution in [2.75, 3.05) is 6.61 Å². The molecule has 20 heavy (non-hydrogen) atoms. The predicted molar refractivity (Wildman–Crippen MR) is 78.7 cm³/mol. The molecule has 0 bridgehead atoms. The molecule has 1 atom stereocenters. The Bertz CT molecular complexity index is 563. The molecule has 2 aromatic rings. The van der Waals surface area contributed by atoms with E-state index in [2.05, 4.69) is 28.8 Å². The van der Waals surface area contributed by atoms with Crippen molar-refractivity contribution in [3.8, 4) is 0 Å². The smallest absolute Gasteiger partial charge is 0.341 e. The summed E-state index contributed by atoms with van der Waals surface area (Å²) in [4.78, 5) is 13.1. The fourth-order valence-corrected chi connectivity index (χ4v) is 2.70. The van der Waals surface area contributed by atoms with Crippen LogP contribution < -0.4 is 5.32 Å². The number of hydrogen-bond acceptors (Lipinski definition) is 5.